The number of sulfonamides is 1. The lowest BCUT2D eigenvalue weighted by Crippen LogP contribution is -2.19. The first-order valence-electron chi connectivity index (χ1n) is 2.87. The minimum Gasteiger partial charge on any atom is -0.223 e. The summed E-state index contributed by atoms with van der Waals surface area (Å²) in [4.78, 5) is 0. The summed E-state index contributed by atoms with van der Waals surface area (Å²) in [6.07, 6.45) is -4.26. The van der Waals surface area contributed by atoms with Gasteiger partial charge in [0, 0.05) is 6.20 Å². The molecule has 0 aromatic carbocycles. The van der Waals surface area contributed by atoms with Crippen LogP contribution in [0, 0.1) is 0 Å². The topological polar surface area (TPSA) is 78.0 Å². The highest BCUT2D eigenvalue weighted by molar-refractivity contribution is 7.89. The summed E-state index contributed by atoms with van der Waals surface area (Å²) < 4.78 is 56.1. The van der Waals surface area contributed by atoms with E-state index in [4.69, 9.17) is 0 Å². The molecule has 0 amide bonds. The van der Waals surface area contributed by atoms with Crippen LogP contribution in [0.2, 0.25) is 0 Å². The zero-order valence-electron chi connectivity index (χ0n) is 5.99. The van der Waals surface area contributed by atoms with Gasteiger partial charge in [-0.25, -0.2) is 13.6 Å². The number of alkyl halides is 3. The Labute approximate surface area is 71.0 Å². The van der Waals surface area contributed by atoms with E-state index in [9.17, 15) is 21.6 Å². The monoisotopic (exact) mass is 215 g/mol. The number of nitrogens with zero attached hydrogens (tertiary/aromatic N) is 2. The molecule has 2 N–H and O–H groups in total. The largest absolute Gasteiger partial charge is 0.504 e. The van der Waals surface area contributed by atoms with Crippen molar-refractivity contribution >= 4 is 10.0 Å². The molecule has 9 heteroatoms. The molecule has 5 nitrogen and oxygen atoms in total. The predicted octanol–water partition coefficient (Wildman–Crippen LogP) is 0.00680. The third kappa shape index (κ3) is 2.18. The Bertz CT molecular complexity index is 407. The van der Waals surface area contributed by atoms with E-state index in [0.29, 0.717) is 12.3 Å². The smallest absolute Gasteiger partial charge is 0.223 e. The first kappa shape index (κ1) is 9.99. The third-order valence-corrected chi connectivity index (χ3v) is 1.92. The molecule has 0 saturated carbocycles. The molecule has 74 valence electrons. The van der Waals surface area contributed by atoms with Crippen LogP contribution in [0.15, 0.2) is 17.3 Å². The minimum atomic E-state index is -4.73. The van der Waals surface area contributed by atoms with Crippen molar-refractivity contribution < 1.29 is 21.6 Å². The molecule has 0 saturated heterocycles. The lowest BCUT2D eigenvalue weighted by molar-refractivity contribution is -0.212. The van der Waals surface area contributed by atoms with Gasteiger partial charge in [0.25, 0.3) is 10.0 Å². The standard InChI is InChI=1S/C4H4F3N3O2S/c5-4(6,7)10-2-1-3(9-10)13(8,11)12/h1-2H,(H2,8,11,12). The van der Waals surface area contributed by atoms with Crippen LogP contribution in [0.1, 0.15) is 0 Å². The van der Waals surface area contributed by atoms with Crippen LogP contribution in [0.5, 0.6) is 0 Å². The normalized spacial score (nSPS) is 13.2. The van der Waals surface area contributed by atoms with Crippen molar-refractivity contribution in [3.63, 3.8) is 0 Å². The number of nitrogens with two attached hydrogens (primary N) is 1. The highest BCUT2D eigenvalue weighted by atomic mass is 32.2. The quantitative estimate of drug-likeness (QED) is 0.716. The first-order chi connectivity index (χ1) is 5.71. The lowest BCUT2D eigenvalue weighted by atomic mass is 10.7. The van der Waals surface area contributed by atoms with E-state index in [1.807, 2.05) is 0 Å². The molecule has 0 aliphatic carbocycles. The van der Waals surface area contributed by atoms with Gasteiger partial charge in [-0.1, -0.05) is 0 Å². The first-order valence-corrected chi connectivity index (χ1v) is 4.41. The molecule has 0 fully saturated rings. The molecule has 0 aliphatic heterocycles. The average molecular weight is 215 g/mol. The Balaban J connectivity index is 3.16. The summed E-state index contributed by atoms with van der Waals surface area (Å²) in [5.41, 5.74) is 0. The Morgan fingerprint density at radius 2 is 2.00 bits per heavy atom. The van der Waals surface area contributed by atoms with E-state index in [1.165, 1.54) is 0 Å². The van der Waals surface area contributed by atoms with Crippen molar-refractivity contribution in [1.82, 2.24) is 9.78 Å². The second-order valence-corrected chi connectivity index (χ2v) is 3.62. The van der Waals surface area contributed by atoms with Gasteiger partial charge in [0.1, 0.15) is 0 Å². The zero-order valence-corrected chi connectivity index (χ0v) is 6.80. The number of primary sulfonamides is 1. The van der Waals surface area contributed by atoms with Crippen molar-refractivity contribution in [2.75, 3.05) is 0 Å². The van der Waals surface area contributed by atoms with Crippen LogP contribution in [-0.4, -0.2) is 18.2 Å². The van der Waals surface area contributed by atoms with Gasteiger partial charge in [-0.15, -0.1) is 13.2 Å². The van der Waals surface area contributed by atoms with Crippen molar-refractivity contribution in [3.8, 4) is 0 Å². The maximum atomic E-state index is 11.9. The van der Waals surface area contributed by atoms with E-state index < -0.39 is 26.0 Å². The minimum absolute atomic E-state index is 0.438. The van der Waals surface area contributed by atoms with Gasteiger partial charge in [-0.05, 0) is 6.07 Å². The van der Waals surface area contributed by atoms with E-state index in [0.717, 1.165) is 0 Å². The van der Waals surface area contributed by atoms with Crippen LogP contribution in [-0.2, 0) is 16.3 Å². The van der Waals surface area contributed by atoms with Crippen molar-refractivity contribution in [2.45, 2.75) is 11.3 Å². The SMILES string of the molecule is NS(=O)(=O)c1ccn(C(F)(F)F)n1. The molecule has 0 unspecified atom stereocenters. The van der Waals surface area contributed by atoms with Crippen molar-refractivity contribution in [2.24, 2.45) is 5.14 Å². The van der Waals surface area contributed by atoms with E-state index in [-0.39, 0.29) is 0 Å². The average Bonchev–Trinajstić information content (AvgIpc) is 2.28. The predicted molar refractivity (Wildman–Crippen MR) is 34.9 cm³/mol. The molecule has 1 aromatic rings. The molecule has 0 bridgehead atoms. The molecule has 0 atom stereocenters. The fourth-order valence-electron chi connectivity index (χ4n) is 0.600. The Morgan fingerprint density at radius 3 is 2.23 bits per heavy atom. The summed E-state index contributed by atoms with van der Waals surface area (Å²) in [5, 5.41) is 6.46. The fraction of sp³-hybridized carbons (Fsp3) is 0.250. The van der Waals surface area contributed by atoms with Crippen molar-refractivity contribution in [3.05, 3.63) is 12.3 Å². The van der Waals surface area contributed by atoms with Gasteiger partial charge in [-0.3, -0.25) is 0 Å². The molecular weight excluding hydrogens is 211 g/mol. The van der Waals surface area contributed by atoms with Gasteiger partial charge in [0.05, 0.1) is 0 Å². The number of hydrogen-bond acceptors (Lipinski definition) is 3. The zero-order chi connectivity index (χ0) is 10.3. The van der Waals surface area contributed by atoms with Crippen LogP contribution in [0.25, 0.3) is 0 Å². The van der Waals surface area contributed by atoms with Gasteiger partial charge < -0.3 is 0 Å². The van der Waals surface area contributed by atoms with Crippen LogP contribution < -0.4 is 5.14 Å². The summed E-state index contributed by atoms with van der Waals surface area (Å²) >= 11 is 0. The van der Waals surface area contributed by atoms with Crippen LogP contribution in [0.4, 0.5) is 13.2 Å². The number of aromatic nitrogens is 2. The number of hydrogen-bond donors (Lipinski definition) is 1. The summed E-state index contributed by atoms with van der Waals surface area (Å²) in [5.74, 6) is 0. The fourth-order valence-corrected chi connectivity index (χ4v) is 1.05. The van der Waals surface area contributed by atoms with Crippen LogP contribution in [0.3, 0.4) is 0 Å². The Hall–Kier alpha value is -1.09. The van der Waals surface area contributed by atoms with E-state index in [2.05, 4.69) is 10.2 Å². The summed E-state index contributed by atoms with van der Waals surface area (Å²) in [6.45, 7) is 0. The maximum Gasteiger partial charge on any atom is 0.504 e. The maximum absolute atomic E-state index is 11.9. The van der Waals surface area contributed by atoms with E-state index >= 15 is 0 Å². The number of rotatable bonds is 1. The van der Waals surface area contributed by atoms with Gasteiger partial charge in [0.2, 0.25) is 0 Å². The van der Waals surface area contributed by atoms with E-state index in [1.54, 1.807) is 0 Å². The molecule has 0 spiro atoms. The van der Waals surface area contributed by atoms with Gasteiger partial charge in [-0.2, -0.15) is 9.78 Å². The molecule has 1 rings (SSSR count). The van der Waals surface area contributed by atoms with Crippen molar-refractivity contribution in [1.29, 1.82) is 0 Å². The molecule has 1 heterocycles. The molecular formula is C4H4F3N3O2S. The summed E-state index contributed by atoms with van der Waals surface area (Å²) in [6, 6.07) is 0.669. The molecule has 0 radical (unpaired) electrons. The Kier molecular flexibility index (Phi) is 2.08. The third-order valence-electron chi connectivity index (χ3n) is 1.12. The van der Waals surface area contributed by atoms with Crippen LogP contribution >= 0.6 is 0 Å². The Morgan fingerprint density at radius 1 is 1.46 bits per heavy atom. The van der Waals surface area contributed by atoms with Gasteiger partial charge >= 0.3 is 6.30 Å². The molecule has 0 aliphatic rings. The summed E-state index contributed by atoms with van der Waals surface area (Å²) in [7, 11) is -4.17. The molecule has 13 heavy (non-hydrogen) atoms. The molecule has 1 aromatic heterocycles. The highest BCUT2D eigenvalue weighted by Gasteiger charge is 2.32. The van der Waals surface area contributed by atoms with Gasteiger partial charge in [0.15, 0.2) is 5.03 Å². The number of halogens is 3. The second-order valence-electron chi connectivity index (χ2n) is 2.11. The second kappa shape index (κ2) is 2.70. The lowest BCUT2D eigenvalue weighted by Gasteiger charge is -2.03. The highest BCUT2D eigenvalue weighted by Crippen LogP contribution is 2.21.